The van der Waals surface area contributed by atoms with E-state index in [1.807, 2.05) is 133 Å². The zero-order chi connectivity index (χ0) is 67.1. The summed E-state index contributed by atoms with van der Waals surface area (Å²) in [4.78, 5) is 123. The molecule has 0 spiro atoms. The third kappa shape index (κ3) is 18.8. The van der Waals surface area contributed by atoms with E-state index < -0.39 is 88.7 Å². The minimum atomic E-state index is -1.12. The van der Waals surface area contributed by atoms with Gasteiger partial charge in [-0.25, -0.2) is 14.4 Å². The number of ether oxygens (including phenoxy) is 1. The van der Waals surface area contributed by atoms with Gasteiger partial charge >= 0.3 is 18.1 Å². The Kier molecular flexibility index (Phi) is 24.3. The average Bonchev–Trinajstić information content (AvgIpc) is 1.66. The molecule has 1 aliphatic heterocycles. The first-order valence-electron chi connectivity index (χ1n) is 30.6. The van der Waals surface area contributed by atoms with Crippen LogP contribution in [0.15, 0.2) is 109 Å². The number of nitrogens with zero attached hydrogens (tertiary/aromatic N) is 3. The second kappa shape index (κ2) is 31.3. The second-order valence-electron chi connectivity index (χ2n) is 25.4. The van der Waals surface area contributed by atoms with E-state index in [2.05, 4.69) is 49.1 Å². The molecule has 0 bridgehead atoms. The van der Waals surface area contributed by atoms with Gasteiger partial charge in [-0.15, -0.1) is 0 Å². The largest absolute Gasteiger partial charge is 0.478 e. The number of alkyl carbamates (subject to hydrolysis) is 1. The summed E-state index contributed by atoms with van der Waals surface area (Å²) in [5.74, 6) is 1.95. The average molecular weight is 1250 g/mol. The van der Waals surface area contributed by atoms with Gasteiger partial charge in [0.05, 0.1) is 24.3 Å². The summed E-state index contributed by atoms with van der Waals surface area (Å²) in [5.41, 5.74) is 10.2. The molecule has 1 unspecified atom stereocenters. The molecule has 91 heavy (non-hydrogen) atoms. The van der Waals surface area contributed by atoms with Gasteiger partial charge in [0, 0.05) is 84.9 Å². The summed E-state index contributed by atoms with van der Waals surface area (Å²) < 4.78 is 7.54. The van der Waals surface area contributed by atoms with Crippen molar-refractivity contribution < 1.29 is 53.0 Å². The van der Waals surface area contributed by atoms with Crippen LogP contribution in [0.25, 0.3) is 10.9 Å². The van der Waals surface area contributed by atoms with E-state index in [-0.39, 0.29) is 75.2 Å². The fourth-order valence-corrected chi connectivity index (χ4v) is 11.0. The van der Waals surface area contributed by atoms with Crippen molar-refractivity contribution in [3.8, 4) is 11.8 Å². The van der Waals surface area contributed by atoms with Crippen LogP contribution in [0.3, 0.4) is 0 Å². The molecule has 0 radical (unpaired) electrons. The minimum Gasteiger partial charge on any atom is -0.478 e. The number of hydrogen-bond donors (Lipinski definition) is 9. The molecule has 2 heterocycles. The highest BCUT2D eigenvalue weighted by Crippen LogP contribution is 2.36. The maximum atomic E-state index is 14.5. The van der Waals surface area contributed by atoms with Gasteiger partial charge in [-0.2, -0.15) is 0 Å². The van der Waals surface area contributed by atoms with E-state index in [4.69, 9.17) is 10.5 Å². The highest BCUT2D eigenvalue weighted by atomic mass is 16.5. The van der Waals surface area contributed by atoms with E-state index in [9.17, 15) is 48.3 Å². The fourth-order valence-electron chi connectivity index (χ4n) is 11.0. The number of para-hydroxylation sites is 1. The summed E-state index contributed by atoms with van der Waals surface area (Å²) in [6, 6.07) is 22.0. The minimum absolute atomic E-state index is 0.0880. The Bertz CT molecular complexity index is 3590. The molecule has 6 rings (SSSR count). The zero-order valence-electron chi connectivity index (χ0n) is 54.5. The van der Waals surface area contributed by atoms with Crippen LogP contribution in [0, 0.1) is 29.1 Å². The molecule has 4 aromatic carbocycles. The molecule has 0 saturated carbocycles. The number of benzene rings is 4. The number of likely N-dealkylation sites (N-methyl/N-ethyl adjacent to an activating group) is 2. The lowest BCUT2D eigenvalue weighted by atomic mass is 9.76. The van der Waals surface area contributed by atoms with Gasteiger partial charge in [0.15, 0.2) is 0 Å². The van der Waals surface area contributed by atoms with Gasteiger partial charge in [-0.3, -0.25) is 28.8 Å². The Hall–Kier alpha value is -9.49. The molecular formula is C69H89N11O11. The summed E-state index contributed by atoms with van der Waals surface area (Å²) in [6.45, 7) is 18.6. The van der Waals surface area contributed by atoms with Crippen molar-refractivity contribution in [2.75, 3.05) is 30.9 Å². The molecule has 0 aliphatic carbocycles. The van der Waals surface area contributed by atoms with Gasteiger partial charge in [0.1, 0.15) is 24.7 Å². The number of nitrogens with one attached hydrogen (secondary N) is 7. The second-order valence-corrected chi connectivity index (χ2v) is 25.4. The van der Waals surface area contributed by atoms with Crippen molar-refractivity contribution in [1.82, 2.24) is 41.4 Å². The number of carboxylic acids is 1. The summed E-state index contributed by atoms with van der Waals surface area (Å²) in [6.07, 6.45) is 2.82. The van der Waals surface area contributed by atoms with Gasteiger partial charge in [-0.1, -0.05) is 129 Å². The Morgan fingerprint density at radius 1 is 0.769 bits per heavy atom. The number of rotatable bonds is 27. The van der Waals surface area contributed by atoms with E-state index in [1.165, 1.54) is 11.8 Å². The molecule has 22 nitrogen and oxygen atoms in total. The first-order chi connectivity index (χ1) is 42.9. The number of hydrogen-bond acceptors (Lipinski definition) is 11. The van der Waals surface area contributed by atoms with Crippen molar-refractivity contribution in [3.63, 3.8) is 0 Å². The predicted octanol–water partition coefficient (Wildman–Crippen LogP) is 7.25. The molecular weight excluding hydrogens is 1160 g/mol. The topological polar surface area (TPSA) is 305 Å². The molecule has 486 valence electrons. The number of amides is 9. The number of fused-ring (bicyclic) bond motifs is 3. The maximum absolute atomic E-state index is 14.5. The lowest BCUT2D eigenvalue weighted by Gasteiger charge is -2.39. The Morgan fingerprint density at radius 2 is 1.42 bits per heavy atom. The predicted molar refractivity (Wildman–Crippen MR) is 350 cm³/mol. The summed E-state index contributed by atoms with van der Waals surface area (Å²) in [7, 11) is 5.21. The van der Waals surface area contributed by atoms with E-state index in [0.29, 0.717) is 22.5 Å². The van der Waals surface area contributed by atoms with Crippen LogP contribution in [-0.4, -0.2) is 119 Å². The first-order valence-corrected chi connectivity index (χ1v) is 30.6. The van der Waals surface area contributed by atoms with Crippen molar-refractivity contribution in [1.29, 1.82) is 0 Å². The molecule has 1 aromatic heterocycles. The molecule has 1 aliphatic rings. The summed E-state index contributed by atoms with van der Waals surface area (Å²) in [5, 5.41) is 30.4. The van der Waals surface area contributed by atoms with Gasteiger partial charge in [-0.05, 0) is 109 Å². The molecule has 10 N–H and O–H groups in total. The van der Waals surface area contributed by atoms with Gasteiger partial charge < -0.3 is 67.2 Å². The number of primary amides is 1. The van der Waals surface area contributed by atoms with Gasteiger partial charge in [0.2, 0.25) is 35.4 Å². The van der Waals surface area contributed by atoms with Crippen LogP contribution in [0.1, 0.15) is 128 Å². The van der Waals surface area contributed by atoms with Crippen LogP contribution < -0.4 is 47.9 Å². The fraction of sp³-hybridized carbons (Fsp3) is 0.435. The monoisotopic (exact) mass is 1250 g/mol. The Morgan fingerprint density at radius 3 is 2.05 bits per heavy atom. The molecule has 5 aromatic rings. The van der Waals surface area contributed by atoms with Crippen LogP contribution >= 0.6 is 0 Å². The van der Waals surface area contributed by atoms with Crippen molar-refractivity contribution >= 4 is 75.8 Å². The summed E-state index contributed by atoms with van der Waals surface area (Å²) >= 11 is 0. The number of carbonyl (C=O) groups excluding carboxylic acids is 8. The normalized spacial score (nSPS) is 13.9. The Balaban J connectivity index is 1.05. The molecule has 5 atom stereocenters. The number of nitrogens with two attached hydrogens (primary N) is 1. The van der Waals surface area contributed by atoms with Crippen LogP contribution in [0.2, 0.25) is 0 Å². The quantitative estimate of drug-likeness (QED) is 0.0143. The zero-order valence-corrected chi connectivity index (χ0v) is 54.5. The highest BCUT2D eigenvalue weighted by Gasteiger charge is 2.43. The van der Waals surface area contributed by atoms with Crippen LogP contribution in [-0.2, 0) is 70.5 Å². The number of aromatic nitrogens is 1. The number of aryl methyl sites for hydroxylation is 1. The van der Waals surface area contributed by atoms with Gasteiger partial charge in [0.25, 0.3) is 0 Å². The number of carboxylic acid groups (broad SMARTS) is 1. The molecule has 22 heteroatoms. The highest BCUT2D eigenvalue weighted by molar-refractivity contribution is 6.00. The standard InChI is InChI=1S/C69H89N11O11/c1-41(2)55(35-43(5)65(87)88)79(13)64(86)60(68(6,7)8)77-63(85)59(71-11)69(9,10)51-39-78(12)54-31-26-45(36-50(51)54)37-73-67(90)91-40-44-24-29-49(30-25-44)74-61(83)52(22-18-34-72-66(70)89)75-62(84)58(42(3)4)76-56(81)32-33-57(82)80-38-48-21-15-14-19-46(48)27-28-47-20-16-17-23-53(47)80/h14-17,19-21,23-26,29-31,35-36,39,41-42,52,55,58-60,71H,18,22,32-34,37-38,40H2,1-13H3,(H,73,90)(H,74,83)(H,75,84)(H,76,81)(H,77,85)(H,87,88)(H3,70,72,89)/b43-35+/t52-,55+,58-,59?,60+/m0/s1. The number of urea groups is 1. The lowest BCUT2D eigenvalue weighted by Crippen LogP contribution is -2.61. The van der Waals surface area contributed by atoms with Crippen LogP contribution in [0.5, 0.6) is 0 Å². The molecule has 0 fully saturated rings. The SMILES string of the molecule is CNC(C(=O)N[C@H](C(=O)N(C)[C@H](/C=C(\C)C(=O)O)C(C)C)C(C)(C)C)C(C)(C)c1cn(C)c2ccc(CNC(=O)OCc3ccc(NC(=O)[C@H](CCCNC(N)=O)NC(=O)[C@@H](NC(=O)CCC(=O)N4Cc5ccccc5C#Cc5ccccc54)C(C)C)cc3)cc12. The smallest absolute Gasteiger partial charge is 0.407 e. The maximum Gasteiger partial charge on any atom is 0.407 e. The van der Waals surface area contributed by atoms with Crippen molar-refractivity contribution in [3.05, 3.63) is 142 Å². The van der Waals surface area contributed by atoms with E-state index >= 15 is 0 Å². The van der Waals surface area contributed by atoms with E-state index in [1.54, 1.807) is 63.2 Å². The third-order valence-corrected chi connectivity index (χ3v) is 16.3. The third-order valence-electron chi connectivity index (χ3n) is 16.3. The van der Waals surface area contributed by atoms with E-state index in [0.717, 1.165) is 33.2 Å². The van der Waals surface area contributed by atoms with Crippen molar-refractivity contribution in [2.24, 2.45) is 30.0 Å². The Labute approximate surface area is 533 Å². The number of carbonyl (C=O) groups is 9. The van der Waals surface area contributed by atoms with Crippen molar-refractivity contribution in [2.45, 2.75) is 150 Å². The molecule has 9 amide bonds. The molecule has 0 saturated heterocycles. The number of anilines is 2. The first kappa shape index (κ1) is 70.6. The van der Waals surface area contributed by atoms with Crippen LogP contribution in [0.4, 0.5) is 21.0 Å². The number of aliphatic carboxylic acids is 1. The lowest BCUT2D eigenvalue weighted by molar-refractivity contribution is -0.141.